The summed E-state index contributed by atoms with van der Waals surface area (Å²) in [5, 5.41) is 0. The number of aryl methyl sites for hydroxylation is 2. The maximum atomic E-state index is 13.0. The van der Waals surface area contributed by atoms with E-state index in [1.165, 1.54) is 0 Å². The molecule has 76 valence electrons. The molecule has 0 heterocycles. The molecule has 0 spiro atoms. The Kier molecular flexibility index (Phi) is 3.84. The van der Waals surface area contributed by atoms with Crippen LogP contribution in [0.3, 0.4) is 0 Å². The Labute approximate surface area is 84.4 Å². The van der Waals surface area contributed by atoms with Gasteiger partial charge in [-0.2, -0.15) is 0 Å². The molecule has 0 bridgehead atoms. The Hall–Kier alpha value is -1.15. The molecular formula is C12H16FN. The first kappa shape index (κ1) is 10.9. The second kappa shape index (κ2) is 4.91. The van der Waals surface area contributed by atoms with Crippen LogP contribution in [0.1, 0.15) is 23.1 Å². The Morgan fingerprint density at radius 1 is 1.29 bits per heavy atom. The molecule has 0 aliphatic carbocycles. The van der Waals surface area contributed by atoms with Crippen LogP contribution in [-0.4, -0.2) is 6.54 Å². The lowest BCUT2D eigenvalue weighted by Gasteiger charge is -2.05. The fourth-order valence-corrected chi connectivity index (χ4v) is 1.48. The van der Waals surface area contributed by atoms with Gasteiger partial charge in [-0.05, 0) is 55.6 Å². The zero-order valence-electron chi connectivity index (χ0n) is 8.68. The van der Waals surface area contributed by atoms with E-state index in [1.807, 2.05) is 26.0 Å². The maximum absolute atomic E-state index is 13.0. The van der Waals surface area contributed by atoms with Crippen molar-refractivity contribution in [1.29, 1.82) is 0 Å². The van der Waals surface area contributed by atoms with Gasteiger partial charge in [-0.3, -0.25) is 0 Å². The van der Waals surface area contributed by atoms with E-state index in [9.17, 15) is 4.39 Å². The molecular weight excluding hydrogens is 177 g/mol. The Morgan fingerprint density at radius 2 is 1.86 bits per heavy atom. The molecule has 0 saturated heterocycles. The summed E-state index contributed by atoms with van der Waals surface area (Å²) in [5.41, 5.74) is 8.42. The fourth-order valence-electron chi connectivity index (χ4n) is 1.48. The molecule has 2 heteroatoms. The summed E-state index contributed by atoms with van der Waals surface area (Å²) in [6.45, 7) is 4.48. The molecule has 14 heavy (non-hydrogen) atoms. The summed E-state index contributed by atoms with van der Waals surface area (Å²) in [4.78, 5) is 0. The van der Waals surface area contributed by atoms with Gasteiger partial charge in [-0.1, -0.05) is 12.2 Å². The van der Waals surface area contributed by atoms with Crippen LogP contribution in [0.15, 0.2) is 18.2 Å². The highest BCUT2D eigenvalue weighted by atomic mass is 19.1. The Bertz CT molecular complexity index is 319. The third-order valence-corrected chi connectivity index (χ3v) is 2.18. The smallest absolute Gasteiger partial charge is 0.123 e. The van der Waals surface area contributed by atoms with Crippen molar-refractivity contribution in [3.63, 3.8) is 0 Å². The zero-order chi connectivity index (χ0) is 10.6. The fraction of sp³-hybridized carbons (Fsp3) is 0.333. The van der Waals surface area contributed by atoms with Crippen LogP contribution in [-0.2, 0) is 0 Å². The molecule has 0 aliphatic rings. The molecule has 1 rings (SSSR count). The van der Waals surface area contributed by atoms with E-state index in [1.54, 1.807) is 12.1 Å². The van der Waals surface area contributed by atoms with Crippen molar-refractivity contribution in [2.24, 2.45) is 5.73 Å². The molecule has 0 atom stereocenters. The van der Waals surface area contributed by atoms with Crippen molar-refractivity contribution in [2.45, 2.75) is 20.3 Å². The zero-order valence-corrected chi connectivity index (χ0v) is 8.68. The summed E-state index contributed by atoms with van der Waals surface area (Å²) in [5.74, 6) is -0.170. The standard InChI is InChI=1S/C12H16FN/c1-9-7-11(13)8-10(2)12(9)5-3-4-6-14/h3,5,7-8H,4,6,14H2,1-2H3. The first-order valence-corrected chi connectivity index (χ1v) is 4.78. The van der Waals surface area contributed by atoms with Gasteiger partial charge < -0.3 is 5.73 Å². The first-order chi connectivity index (χ1) is 6.65. The van der Waals surface area contributed by atoms with Crippen molar-refractivity contribution in [2.75, 3.05) is 6.54 Å². The number of rotatable bonds is 3. The lowest BCUT2D eigenvalue weighted by atomic mass is 10.0. The highest BCUT2D eigenvalue weighted by molar-refractivity contribution is 5.57. The lowest BCUT2D eigenvalue weighted by Crippen LogP contribution is -1.95. The quantitative estimate of drug-likeness (QED) is 0.784. The topological polar surface area (TPSA) is 26.0 Å². The average Bonchev–Trinajstić information content (AvgIpc) is 2.09. The highest BCUT2D eigenvalue weighted by Crippen LogP contribution is 2.17. The van der Waals surface area contributed by atoms with Gasteiger partial charge >= 0.3 is 0 Å². The molecule has 0 saturated carbocycles. The van der Waals surface area contributed by atoms with E-state index in [2.05, 4.69) is 0 Å². The predicted octanol–water partition coefficient (Wildman–Crippen LogP) is 2.80. The van der Waals surface area contributed by atoms with Crippen LogP contribution in [0.4, 0.5) is 4.39 Å². The van der Waals surface area contributed by atoms with Crippen molar-refractivity contribution < 1.29 is 4.39 Å². The van der Waals surface area contributed by atoms with Gasteiger partial charge in [0.15, 0.2) is 0 Å². The van der Waals surface area contributed by atoms with E-state index < -0.39 is 0 Å². The van der Waals surface area contributed by atoms with E-state index in [-0.39, 0.29) is 5.82 Å². The molecule has 0 unspecified atom stereocenters. The van der Waals surface area contributed by atoms with E-state index in [0.717, 1.165) is 23.1 Å². The minimum Gasteiger partial charge on any atom is -0.330 e. The number of hydrogen-bond donors (Lipinski definition) is 1. The summed E-state index contributed by atoms with van der Waals surface area (Å²) in [6.07, 6.45) is 4.89. The maximum Gasteiger partial charge on any atom is 0.123 e. The van der Waals surface area contributed by atoms with Gasteiger partial charge in [0.1, 0.15) is 5.82 Å². The SMILES string of the molecule is Cc1cc(F)cc(C)c1C=CCCN. The predicted molar refractivity (Wildman–Crippen MR) is 58.6 cm³/mol. The molecule has 2 N–H and O–H groups in total. The van der Waals surface area contributed by atoms with Crippen molar-refractivity contribution in [1.82, 2.24) is 0 Å². The summed E-state index contributed by atoms with van der Waals surface area (Å²) >= 11 is 0. The van der Waals surface area contributed by atoms with Gasteiger partial charge in [0.2, 0.25) is 0 Å². The van der Waals surface area contributed by atoms with Crippen LogP contribution in [0.2, 0.25) is 0 Å². The van der Waals surface area contributed by atoms with Crippen molar-refractivity contribution in [3.05, 3.63) is 40.7 Å². The van der Waals surface area contributed by atoms with Crippen molar-refractivity contribution >= 4 is 6.08 Å². The number of benzene rings is 1. The molecule has 1 aromatic carbocycles. The van der Waals surface area contributed by atoms with Crippen LogP contribution in [0.25, 0.3) is 6.08 Å². The second-order valence-corrected chi connectivity index (χ2v) is 3.43. The van der Waals surface area contributed by atoms with E-state index >= 15 is 0 Å². The van der Waals surface area contributed by atoms with E-state index in [0.29, 0.717) is 6.54 Å². The molecule has 0 radical (unpaired) electrons. The normalized spacial score (nSPS) is 11.1. The summed E-state index contributed by atoms with van der Waals surface area (Å²) in [7, 11) is 0. The third kappa shape index (κ3) is 2.67. The van der Waals surface area contributed by atoms with Gasteiger partial charge in [0.05, 0.1) is 0 Å². The monoisotopic (exact) mass is 193 g/mol. The molecule has 0 aromatic heterocycles. The number of hydrogen-bond acceptors (Lipinski definition) is 1. The molecule has 0 amide bonds. The van der Waals surface area contributed by atoms with Crippen molar-refractivity contribution in [3.8, 4) is 0 Å². The molecule has 0 fully saturated rings. The molecule has 1 nitrogen and oxygen atoms in total. The van der Waals surface area contributed by atoms with Crippen LogP contribution in [0.5, 0.6) is 0 Å². The highest BCUT2D eigenvalue weighted by Gasteiger charge is 2.01. The summed E-state index contributed by atoms with van der Waals surface area (Å²) in [6, 6.07) is 3.10. The molecule has 1 aromatic rings. The Morgan fingerprint density at radius 3 is 2.36 bits per heavy atom. The van der Waals surface area contributed by atoms with Gasteiger partial charge in [-0.15, -0.1) is 0 Å². The largest absolute Gasteiger partial charge is 0.330 e. The van der Waals surface area contributed by atoms with Gasteiger partial charge in [-0.25, -0.2) is 4.39 Å². The average molecular weight is 193 g/mol. The molecule has 0 aliphatic heterocycles. The number of nitrogens with two attached hydrogens (primary N) is 1. The van der Waals surface area contributed by atoms with Crippen LogP contribution in [0, 0.1) is 19.7 Å². The van der Waals surface area contributed by atoms with Crippen LogP contribution >= 0.6 is 0 Å². The van der Waals surface area contributed by atoms with E-state index in [4.69, 9.17) is 5.73 Å². The minimum atomic E-state index is -0.170. The third-order valence-electron chi connectivity index (χ3n) is 2.18. The first-order valence-electron chi connectivity index (χ1n) is 4.78. The van der Waals surface area contributed by atoms with Crippen LogP contribution < -0.4 is 5.73 Å². The lowest BCUT2D eigenvalue weighted by molar-refractivity contribution is 0.625. The van der Waals surface area contributed by atoms with Gasteiger partial charge in [0, 0.05) is 0 Å². The summed E-state index contributed by atoms with van der Waals surface area (Å²) < 4.78 is 13.0. The second-order valence-electron chi connectivity index (χ2n) is 3.43. The van der Waals surface area contributed by atoms with Gasteiger partial charge in [0.25, 0.3) is 0 Å². The number of halogens is 1. The Balaban J connectivity index is 2.96. The minimum absolute atomic E-state index is 0.170.